The van der Waals surface area contributed by atoms with Gasteiger partial charge in [0.25, 0.3) is 5.91 Å². The Morgan fingerprint density at radius 1 is 1.07 bits per heavy atom. The Hall–Kier alpha value is -2.70. The average Bonchev–Trinajstić information content (AvgIpc) is 2.72. The zero-order valence-corrected chi connectivity index (χ0v) is 16.6. The molecule has 1 aliphatic rings. The first-order chi connectivity index (χ1) is 13.8. The van der Waals surface area contributed by atoms with E-state index in [0.717, 1.165) is 17.7 Å². The van der Waals surface area contributed by atoms with Crippen molar-refractivity contribution in [1.82, 2.24) is 4.90 Å². The molecule has 1 saturated heterocycles. The standard InChI is InChI=1S/C22H25F3N2O2/c1-3-19(29-20-10-5-4-7-16(20)2)21(28)27-13-11-26(12-14-27)18-9-6-8-17(15-18)22(23,24)25/h4-10,15,19H,3,11-14H2,1-2H3/t19-/m0/s1. The number of para-hydroxylation sites is 1. The maximum absolute atomic E-state index is 13.0. The number of ether oxygens (including phenoxy) is 1. The highest BCUT2D eigenvalue weighted by molar-refractivity contribution is 5.81. The van der Waals surface area contributed by atoms with Gasteiger partial charge in [-0.1, -0.05) is 31.2 Å². The van der Waals surface area contributed by atoms with E-state index in [9.17, 15) is 18.0 Å². The molecule has 0 radical (unpaired) electrons. The third-order valence-corrected chi connectivity index (χ3v) is 5.14. The van der Waals surface area contributed by atoms with Crippen LogP contribution in [0.5, 0.6) is 5.75 Å². The Kier molecular flexibility index (Phi) is 6.35. The first-order valence-electron chi connectivity index (χ1n) is 9.73. The summed E-state index contributed by atoms with van der Waals surface area (Å²) >= 11 is 0. The number of nitrogens with zero attached hydrogens (tertiary/aromatic N) is 2. The molecule has 0 spiro atoms. The smallest absolute Gasteiger partial charge is 0.416 e. The largest absolute Gasteiger partial charge is 0.480 e. The zero-order chi connectivity index (χ0) is 21.0. The van der Waals surface area contributed by atoms with Crippen molar-refractivity contribution in [2.45, 2.75) is 32.5 Å². The van der Waals surface area contributed by atoms with Gasteiger partial charge in [0.15, 0.2) is 6.10 Å². The van der Waals surface area contributed by atoms with Crippen LogP contribution in [0.25, 0.3) is 0 Å². The van der Waals surface area contributed by atoms with E-state index < -0.39 is 17.8 Å². The van der Waals surface area contributed by atoms with E-state index in [4.69, 9.17) is 4.74 Å². The minimum Gasteiger partial charge on any atom is -0.480 e. The first kappa shape index (κ1) is 21.0. The molecule has 1 amide bonds. The SMILES string of the molecule is CC[C@H](Oc1ccccc1C)C(=O)N1CCN(c2cccc(C(F)(F)F)c2)CC1. The molecule has 0 N–H and O–H groups in total. The van der Waals surface area contributed by atoms with Crippen molar-refractivity contribution in [3.05, 3.63) is 59.7 Å². The summed E-state index contributed by atoms with van der Waals surface area (Å²) in [5.41, 5.74) is 0.828. The third-order valence-electron chi connectivity index (χ3n) is 5.14. The van der Waals surface area contributed by atoms with Crippen molar-refractivity contribution in [3.8, 4) is 5.75 Å². The minimum absolute atomic E-state index is 0.0838. The van der Waals surface area contributed by atoms with Crippen LogP contribution in [0.1, 0.15) is 24.5 Å². The lowest BCUT2D eigenvalue weighted by Gasteiger charge is -2.37. The normalized spacial score (nSPS) is 15.9. The topological polar surface area (TPSA) is 32.8 Å². The van der Waals surface area contributed by atoms with Crippen LogP contribution < -0.4 is 9.64 Å². The Balaban J connectivity index is 1.62. The van der Waals surface area contributed by atoms with Crippen LogP contribution in [-0.4, -0.2) is 43.1 Å². The molecule has 2 aromatic rings. The molecule has 0 aliphatic carbocycles. The second-order valence-corrected chi connectivity index (χ2v) is 7.14. The Bertz CT molecular complexity index is 846. The number of benzene rings is 2. The summed E-state index contributed by atoms with van der Waals surface area (Å²) in [6, 6.07) is 12.9. The maximum Gasteiger partial charge on any atom is 0.416 e. The molecule has 0 saturated carbocycles. The highest BCUT2D eigenvalue weighted by Crippen LogP contribution is 2.32. The number of carbonyl (C=O) groups excluding carboxylic acids is 1. The predicted octanol–water partition coefficient (Wildman–Crippen LogP) is 4.52. The predicted molar refractivity (Wildman–Crippen MR) is 106 cm³/mol. The molecule has 1 aliphatic heterocycles. The van der Waals surface area contributed by atoms with Gasteiger partial charge in [0.2, 0.25) is 0 Å². The minimum atomic E-state index is -4.37. The highest BCUT2D eigenvalue weighted by Gasteiger charge is 2.32. The molecule has 1 heterocycles. The van der Waals surface area contributed by atoms with Crippen LogP contribution in [0.15, 0.2) is 48.5 Å². The molecule has 29 heavy (non-hydrogen) atoms. The molecule has 4 nitrogen and oxygen atoms in total. The van der Waals surface area contributed by atoms with Gasteiger partial charge >= 0.3 is 6.18 Å². The second kappa shape index (κ2) is 8.76. The van der Waals surface area contributed by atoms with Crippen LogP contribution in [-0.2, 0) is 11.0 Å². The maximum atomic E-state index is 13.0. The number of anilines is 1. The number of piperazine rings is 1. The summed E-state index contributed by atoms with van der Waals surface area (Å²) < 4.78 is 44.8. The second-order valence-electron chi connectivity index (χ2n) is 7.14. The van der Waals surface area contributed by atoms with E-state index in [0.29, 0.717) is 44.0 Å². The van der Waals surface area contributed by atoms with Gasteiger partial charge in [0.05, 0.1) is 5.56 Å². The zero-order valence-electron chi connectivity index (χ0n) is 16.6. The van der Waals surface area contributed by atoms with Gasteiger partial charge in [-0.2, -0.15) is 13.2 Å². The van der Waals surface area contributed by atoms with Crippen molar-refractivity contribution in [2.75, 3.05) is 31.1 Å². The van der Waals surface area contributed by atoms with Crippen LogP contribution >= 0.6 is 0 Å². The number of hydrogen-bond acceptors (Lipinski definition) is 3. The Morgan fingerprint density at radius 2 is 1.76 bits per heavy atom. The molecule has 0 aromatic heterocycles. The van der Waals surface area contributed by atoms with Gasteiger partial charge in [0, 0.05) is 31.9 Å². The van der Waals surface area contributed by atoms with Crippen molar-refractivity contribution in [1.29, 1.82) is 0 Å². The van der Waals surface area contributed by atoms with E-state index in [1.165, 1.54) is 6.07 Å². The van der Waals surface area contributed by atoms with E-state index in [2.05, 4.69) is 0 Å². The lowest BCUT2D eigenvalue weighted by Crippen LogP contribution is -2.52. The van der Waals surface area contributed by atoms with Crippen LogP contribution in [0.2, 0.25) is 0 Å². The summed E-state index contributed by atoms with van der Waals surface area (Å²) in [5.74, 6) is 0.606. The first-order valence-corrected chi connectivity index (χ1v) is 9.73. The number of aryl methyl sites for hydroxylation is 1. The molecule has 156 valence electrons. The molecule has 7 heteroatoms. The van der Waals surface area contributed by atoms with E-state index in [1.807, 2.05) is 43.0 Å². The highest BCUT2D eigenvalue weighted by atomic mass is 19.4. The van der Waals surface area contributed by atoms with Crippen LogP contribution in [0.3, 0.4) is 0 Å². The van der Waals surface area contributed by atoms with E-state index in [-0.39, 0.29) is 5.91 Å². The molecular weight excluding hydrogens is 381 g/mol. The lowest BCUT2D eigenvalue weighted by molar-refractivity contribution is -0.139. The summed E-state index contributed by atoms with van der Waals surface area (Å²) in [4.78, 5) is 16.5. The molecule has 2 aromatic carbocycles. The average molecular weight is 406 g/mol. The van der Waals surface area contributed by atoms with Crippen LogP contribution in [0.4, 0.5) is 18.9 Å². The summed E-state index contributed by atoms with van der Waals surface area (Å²) in [6.07, 6.45) is -4.40. The lowest BCUT2D eigenvalue weighted by atomic mass is 10.1. The monoisotopic (exact) mass is 406 g/mol. The number of hydrogen-bond donors (Lipinski definition) is 0. The Labute approximate surface area is 168 Å². The summed E-state index contributed by atoms with van der Waals surface area (Å²) in [7, 11) is 0. The fourth-order valence-electron chi connectivity index (χ4n) is 3.42. The van der Waals surface area contributed by atoms with Gasteiger partial charge in [-0.15, -0.1) is 0 Å². The molecule has 0 unspecified atom stereocenters. The number of carbonyl (C=O) groups is 1. The van der Waals surface area contributed by atoms with Gasteiger partial charge in [-0.25, -0.2) is 0 Å². The van der Waals surface area contributed by atoms with Crippen molar-refractivity contribution >= 4 is 11.6 Å². The summed E-state index contributed by atoms with van der Waals surface area (Å²) in [5, 5.41) is 0. The quantitative estimate of drug-likeness (QED) is 0.732. The fraction of sp³-hybridized carbons (Fsp3) is 0.409. The Morgan fingerprint density at radius 3 is 2.38 bits per heavy atom. The molecular formula is C22H25F3N2O2. The van der Waals surface area contributed by atoms with E-state index in [1.54, 1.807) is 11.0 Å². The summed E-state index contributed by atoms with van der Waals surface area (Å²) in [6.45, 7) is 5.69. The van der Waals surface area contributed by atoms with Crippen molar-refractivity contribution < 1.29 is 22.7 Å². The molecule has 1 fully saturated rings. The van der Waals surface area contributed by atoms with Crippen molar-refractivity contribution in [2.24, 2.45) is 0 Å². The number of alkyl halides is 3. The van der Waals surface area contributed by atoms with Crippen LogP contribution in [0, 0.1) is 6.92 Å². The van der Waals surface area contributed by atoms with Gasteiger partial charge in [-0.05, 0) is 43.2 Å². The molecule has 0 bridgehead atoms. The molecule has 1 atom stereocenters. The number of rotatable bonds is 5. The fourth-order valence-corrected chi connectivity index (χ4v) is 3.42. The molecule has 3 rings (SSSR count). The van der Waals surface area contributed by atoms with Gasteiger partial charge < -0.3 is 14.5 Å². The van der Waals surface area contributed by atoms with Gasteiger partial charge in [0.1, 0.15) is 5.75 Å². The number of amides is 1. The van der Waals surface area contributed by atoms with Gasteiger partial charge in [-0.3, -0.25) is 4.79 Å². The van der Waals surface area contributed by atoms with E-state index >= 15 is 0 Å². The number of halogens is 3. The van der Waals surface area contributed by atoms with Crippen molar-refractivity contribution in [3.63, 3.8) is 0 Å². The third kappa shape index (κ3) is 5.02.